The van der Waals surface area contributed by atoms with E-state index in [1.54, 1.807) is 37.6 Å². The van der Waals surface area contributed by atoms with Crippen molar-refractivity contribution in [3.8, 4) is 5.75 Å². The molecular formula is C17H19N5O4. The number of ether oxygens (including phenoxy) is 1. The standard InChI is InChI=1S/C17H19N5O4/c1-26-12-4-2-11(3-5-12)10-22-15(24)13(20-17(22)25)6-7-14(23)21-16-18-8-9-19-16/h2-5,8-9,13H,6-7,10H2,1H3,(H,20,25)(H2,18,19,21,23)/t13-/m0/s1. The Balaban J connectivity index is 1.53. The number of rotatable bonds is 7. The van der Waals surface area contributed by atoms with Crippen molar-refractivity contribution in [1.82, 2.24) is 20.2 Å². The Morgan fingerprint density at radius 2 is 2.08 bits per heavy atom. The molecule has 9 heteroatoms. The van der Waals surface area contributed by atoms with Gasteiger partial charge in [0.05, 0.1) is 13.7 Å². The molecule has 2 aromatic rings. The Hall–Kier alpha value is -3.36. The molecule has 1 aliphatic heterocycles. The van der Waals surface area contributed by atoms with E-state index >= 15 is 0 Å². The van der Waals surface area contributed by atoms with E-state index in [4.69, 9.17) is 4.74 Å². The van der Waals surface area contributed by atoms with E-state index < -0.39 is 12.1 Å². The number of aromatic amines is 1. The van der Waals surface area contributed by atoms with Gasteiger partial charge in [0.15, 0.2) is 0 Å². The van der Waals surface area contributed by atoms with Crippen LogP contribution in [-0.4, -0.2) is 45.9 Å². The summed E-state index contributed by atoms with van der Waals surface area (Å²) in [5.74, 6) is 0.427. The summed E-state index contributed by atoms with van der Waals surface area (Å²) in [6.07, 6.45) is 3.42. The van der Waals surface area contributed by atoms with E-state index in [1.165, 1.54) is 6.20 Å². The van der Waals surface area contributed by atoms with Gasteiger partial charge in [0.25, 0.3) is 5.91 Å². The molecule has 1 aromatic carbocycles. The quantitative estimate of drug-likeness (QED) is 0.645. The predicted octanol–water partition coefficient (Wildman–Crippen LogP) is 1.26. The maximum absolute atomic E-state index is 12.4. The molecule has 3 N–H and O–H groups in total. The number of carbonyl (C=O) groups is 3. The van der Waals surface area contributed by atoms with Gasteiger partial charge in [-0.3, -0.25) is 19.8 Å². The van der Waals surface area contributed by atoms with E-state index in [9.17, 15) is 14.4 Å². The number of hydrogen-bond acceptors (Lipinski definition) is 5. The van der Waals surface area contributed by atoms with E-state index in [0.29, 0.717) is 11.7 Å². The third-order valence-corrected chi connectivity index (χ3v) is 4.02. The number of anilines is 1. The number of urea groups is 1. The van der Waals surface area contributed by atoms with Crippen LogP contribution >= 0.6 is 0 Å². The lowest BCUT2D eigenvalue weighted by atomic mass is 10.1. The lowest BCUT2D eigenvalue weighted by Gasteiger charge is -2.13. The van der Waals surface area contributed by atoms with Gasteiger partial charge in [-0.15, -0.1) is 0 Å². The van der Waals surface area contributed by atoms with Gasteiger partial charge in [0.1, 0.15) is 11.8 Å². The third-order valence-electron chi connectivity index (χ3n) is 4.02. The predicted molar refractivity (Wildman–Crippen MR) is 92.3 cm³/mol. The van der Waals surface area contributed by atoms with Crippen LogP contribution in [-0.2, 0) is 16.1 Å². The van der Waals surface area contributed by atoms with Crippen LogP contribution in [0.4, 0.5) is 10.7 Å². The van der Waals surface area contributed by atoms with Gasteiger partial charge in [0, 0.05) is 18.8 Å². The van der Waals surface area contributed by atoms with Gasteiger partial charge < -0.3 is 15.0 Å². The van der Waals surface area contributed by atoms with Crippen molar-refractivity contribution in [1.29, 1.82) is 0 Å². The van der Waals surface area contributed by atoms with Crippen LogP contribution < -0.4 is 15.4 Å². The highest BCUT2D eigenvalue weighted by molar-refractivity contribution is 6.04. The molecular weight excluding hydrogens is 338 g/mol. The summed E-state index contributed by atoms with van der Waals surface area (Å²) in [5.41, 5.74) is 0.811. The molecule has 2 heterocycles. The van der Waals surface area contributed by atoms with Crippen molar-refractivity contribution in [3.63, 3.8) is 0 Å². The average molecular weight is 357 g/mol. The Bertz CT molecular complexity index is 788. The van der Waals surface area contributed by atoms with Gasteiger partial charge in [-0.05, 0) is 24.1 Å². The molecule has 9 nitrogen and oxygen atoms in total. The first-order valence-corrected chi connectivity index (χ1v) is 8.11. The highest BCUT2D eigenvalue weighted by Gasteiger charge is 2.37. The van der Waals surface area contributed by atoms with E-state index in [0.717, 1.165) is 10.5 Å². The number of benzene rings is 1. The second-order valence-corrected chi connectivity index (χ2v) is 5.80. The first-order chi connectivity index (χ1) is 12.6. The first-order valence-electron chi connectivity index (χ1n) is 8.11. The lowest BCUT2D eigenvalue weighted by Crippen LogP contribution is -2.31. The van der Waals surface area contributed by atoms with Crippen LogP contribution in [0.2, 0.25) is 0 Å². The SMILES string of the molecule is COc1ccc(CN2C(=O)N[C@@H](CCC(=O)Nc3ncc[nH]3)C2=O)cc1. The monoisotopic (exact) mass is 357 g/mol. The maximum Gasteiger partial charge on any atom is 0.325 e. The van der Waals surface area contributed by atoms with Crippen LogP contribution in [0, 0.1) is 0 Å². The molecule has 0 bridgehead atoms. The summed E-state index contributed by atoms with van der Waals surface area (Å²) >= 11 is 0. The molecule has 3 rings (SSSR count). The molecule has 0 saturated carbocycles. The maximum atomic E-state index is 12.4. The summed E-state index contributed by atoms with van der Waals surface area (Å²) in [4.78, 5) is 44.2. The third kappa shape index (κ3) is 4.00. The number of H-pyrrole nitrogens is 1. The van der Waals surface area contributed by atoms with E-state index in [-0.39, 0.29) is 31.2 Å². The number of aromatic nitrogens is 2. The summed E-state index contributed by atoms with van der Waals surface area (Å²) in [5, 5.41) is 5.20. The fourth-order valence-electron chi connectivity index (χ4n) is 2.64. The zero-order valence-electron chi connectivity index (χ0n) is 14.2. The number of imide groups is 1. The number of amides is 4. The molecule has 136 valence electrons. The molecule has 0 aliphatic carbocycles. The summed E-state index contributed by atoms with van der Waals surface area (Å²) in [6, 6.07) is 5.96. The zero-order chi connectivity index (χ0) is 18.5. The second-order valence-electron chi connectivity index (χ2n) is 5.80. The number of hydrogen-bond donors (Lipinski definition) is 3. The fraction of sp³-hybridized carbons (Fsp3) is 0.294. The minimum atomic E-state index is -0.705. The molecule has 1 aliphatic rings. The summed E-state index contributed by atoms with van der Waals surface area (Å²) in [7, 11) is 1.57. The molecule has 1 atom stereocenters. The highest BCUT2D eigenvalue weighted by Crippen LogP contribution is 2.17. The molecule has 1 saturated heterocycles. The molecule has 0 unspecified atom stereocenters. The number of carbonyl (C=O) groups excluding carboxylic acids is 3. The normalized spacial score (nSPS) is 16.5. The lowest BCUT2D eigenvalue weighted by molar-refractivity contribution is -0.128. The van der Waals surface area contributed by atoms with Gasteiger partial charge in [-0.25, -0.2) is 9.78 Å². The smallest absolute Gasteiger partial charge is 0.325 e. The van der Waals surface area contributed by atoms with E-state index in [1.807, 2.05) is 0 Å². The van der Waals surface area contributed by atoms with E-state index in [2.05, 4.69) is 20.6 Å². The highest BCUT2D eigenvalue weighted by atomic mass is 16.5. The van der Waals surface area contributed by atoms with Crippen molar-refractivity contribution < 1.29 is 19.1 Å². The second kappa shape index (κ2) is 7.68. The topological polar surface area (TPSA) is 116 Å². The number of methoxy groups -OCH3 is 1. The van der Waals surface area contributed by atoms with Crippen LogP contribution in [0.15, 0.2) is 36.7 Å². The largest absolute Gasteiger partial charge is 0.497 e. The molecule has 1 aromatic heterocycles. The average Bonchev–Trinajstić information content (AvgIpc) is 3.24. The van der Waals surface area contributed by atoms with Crippen LogP contribution in [0.3, 0.4) is 0 Å². The Labute approximate surface area is 149 Å². The molecule has 0 radical (unpaired) electrons. The molecule has 26 heavy (non-hydrogen) atoms. The van der Waals surface area contributed by atoms with Gasteiger partial charge in [0.2, 0.25) is 11.9 Å². The fourth-order valence-corrected chi connectivity index (χ4v) is 2.64. The Morgan fingerprint density at radius 3 is 2.73 bits per heavy atom. The minimum Gasteiger partial charge on any atom is -0.497 e. The zero-order valence-corrected chi connectivity index (χ0v) is 14.2. The number of imidazole rings is 1. The van der Waals surface area contributed by atoms with Crippen molar-refractivity contribution in [2.75, 3.05) is 12.4 Å². The molecule has 1 fully saturated rings. The number of nitrogens with one attached hydrogen (secondary N) is 3. The Morgan fingerprint density at radius 1 is 1.31 bits per heavy atom. The summed E-state index contributed by atoms with van der Waals surface area (Å²) in [6.45, 7) is 0.170. The van der Waals surface area contributed by atoms with Crippen molar-refractivity contribution in [2.24, 2.45) is 0 Å². The van der Waals surface area contributed by atoms with Crippen LogP contribution in [0.5, 0.6) is 5.75 Å². The van der Waals surface area contributed by atoms with Gasteiger partial charge in [-0.1, -0.05) is 12.1 Å². The van der Waals surface area contributed by atoms with Crippen molar-refractivity contribution in [2.45, 2.75) is 25.4 Å². The van der Waals surface area contributed by atoms with Crippen LogP contribution in [0.1, 0.15) is 18.4 Å². The molecule has 0 spiro atoms. The number of nitrogens with zero attached hydrogens (tertiary/aromatic N) is 2. The van der Waals surface area contributed by atoms with Crippen molar-refractivity contribution >= 4 is 23.8 Å². The van der Waals surface area contributed by atoms with Crippen molar-refractivity contribution in [3.05, 3.63) is 42.2 Å². The van der Waals surface area contributed by atoms with Gasteiger partial charge in [-0.2, -0.15) is 0 Å². The minimum absolute atomic E-state index is 0.0910. The van der Waals surface area contributed by atoms with Crippen LogP contribution in [0.25, 0.3) is 0 Å². The molecule has 4 amide bonds. The summed E-state index contributed by atoms with van der Waals surface area (Å²) < 4.78 is 5.09. The Kier molecular flexibility index (Phi) is 5.16. The first kappa shape index (κ1) is 17.5. The van der Waals surface area contributed by atoms with Gasteiger partial charge >= 0.3 is 6.03 Å².